The van der Waals surface area contributed by atoms with Gasteiger partial charge in [0, 0.05) is 5.56 Å². The van der Waals surface area contributed by atoms with Crippen LogP contribution in [0.25, 0.3) is 0 Å². The first kappa shape index (κ1) is 26.0. The molecule has 0 saturated carbocycles. The van der Waals surface area contributed by atoms with Crippen LogP contribution in [0, 0.1) is 0 Å². The molecular weight excluding hydrogens is 520 g/mol. The number of carbonyl (C=O) groups is 4. The summed E-state index contributed by atoms with van der Waals surface area (Å²) in [7, 11) is 0. The molecule has 0 amide bonds. The van der Waals surface area contributed by atoms with E-state index in [4.69, 9.17) is 13.3 Å². The topological polar surface area (TPSA) is 116 Å². The van der Waals surface area contributed by atoms with Gasteiger partial charge in [-0.15, -0.1) is 0 Å². The molecule has 3 rings (SSSR count). The Bertz CT molecular complexity index is 1150. The van der Waals surface area contributed by atoms with Crippen molar-refractivity contribution >= 4 is 40.3 Å². The third kappa shape index (κ3) is 5.89. The maximum atomic E-state index is 13.5. The molecule has 9 heteroatoms. The number of esters is 2. The van der Waals surface area contributed by atoms with E-state index in [-0.39, 0.29) is 23.0 Å². The van der Waals surface area contributed by atoms with Gasteiger partial charge in [0.2, 0.25) is 11.4 Å². The highest BCUT2D eigenvalue weighted by Crippen LogP contribution is 2.30. The van der Waals surface area contributed by atoms with Crippen molar-refractivity contribution in [1.29, 1.82) is 0 Å². The van der Waals surface area contributed by atoms with Gasteiger partial charge in [-0.25, -0.2) is 9.59 Å². The fourth-order valence-corrected chi connectivity index (χ4v) is 3.74. The van der Waals surface area contributed by atoms with Crippen LogP contribution in [0.4, 0.5) is 0 Å². The molecule has 0 heterocycles. The first-order valence-electron chi connectivity index (χ1n) is 10.5. The lowest BCUT2D eigenvalue weighted by Gasteiger charge is -2.35. The highest BCUT2D eigenvalue weighted by atomic mass is 79.9. The molecule has 0 aliphatic rings. The zero-order valence-electron chi connectivity index (χ0n) is 18.3. The average Bonchev–Trinajstić information content (AvgIpc) is 2.93. The van der Waals surface area contributed by atoms with Crippen molar-refractivity contribution in [2.45, 2.75) is 17.8 Å². The van der Waals surface area contributed by atoms with Gasteiger partial charge in [0.1, 0.15) is 16.3 Å². The number of rotatable bonds is 11. The molecule has 3 aromatic carbocycles. The predicted molar refractivity (Wildman–Crippen MR) is 128 cm³/mol. The molecule has 0 aliphatic heterocycles. The van der Waals surface area contributed by atoms with Crippen molar-refractivity contribution in [2.24, 2.45) is 0 Å². The van der Waals surface area contributed by atoms with Gasteiger partial charge < -0.3 is 14.6 Å². The van der Waals surface area contributed by atoms with Gasteiger partial charge in [-0.2, -0.15) is 0 Å². The standard InChI is InChI=1S/C26H21BrO8/c27-35-26(17-29,22(30)18-10-4-1-5-11-18)23(34-25(32)20-14-8-3-9-15-20)21(16-28)33-24(31)19-12-6-2-7-13-19/h1-15,17,21,23,28H,16H2/t21-,23+,26-/m0/s1. The fourth-order valence-electron chi connectivity index (χ4n) is 3.33. The third-order valence-corrected chi connectivity index (χ3v) is 5.68. The number of aliphatic hydroxyl groups excluding tert-OH is 1. The number of hydrogen-bond donors (Lipinski definition) is 1. The van der Waals surface area contributed by atoms with E-state index in [1.165, 1.54) is 36.4 Å². The lowest BCUT2D eigenvalue weighted by atomic mass is 9.86. The summed E-state index contributed by atoms with van der Waals surface area (Å²) in [6.45, 7) is -0.890. The lowest BCUT2D eigenvalue weighted by Crippen LogP contribution is -2.60. The minimum atomic E-state index is -2.50. The van der Waals surface area contributed by atoms with Crippen LogP contribution in [0.2, 0.25) is 0 Å². The first-order valence-corrected chi connectivity index (χ1v) is 11.1. The zero-order chi connectivity index (χ0) is 25.3. The van der Waals surface area contributed by atoms with Gasteiger partial charge in [0.05, 0.1) is 17.7 Å². The second-order valence-electron chi connectivity index (χ2n) is 7.37. The van der Waals surface area contributed by atoms with Gasteiger partial charge >= 0.3 is 11.9 Å². The minimum Gasteiger partial charge on any atom is -0.452 e. The minimum absolute atomic E-state index is 0.0610. The predicted octanol–water partition coefficient (Wildman–Crippen LogP) is 3.58. The smallest absolute Gasteiger partial charge is 0.338 e. The van der Waals surface area contributed by atoms with E-state index in [9.17, 15) is 24.3 Å². The Balaban J connectivity index is 2.05. The molecule has 3 atom stereocenters. The van der Waals surface area contributed by atoms with Gasteiger partial charge in [0.25, 0.3) is 0 Å². The highest BCUT2D eigenvalue weighted by molar-refractivity contribution is 9.06. The Labute approximate surface area is 209 Å². The Morgan fingerprint density at radius 2 is 1.20 bits per heavy atom. The number of aliphatic hydroxyl groups is 1. The number of carbonyl (C=O) groups excluding carboxylic acids is 4. The van der Waals surface area contributed by atoms with Crippen LogP contribution in [0.5, 0.6) is 0 Å². The van der Waals surface area contributed by atoms with Crippen LogP contribution >= 0.6 is 16.3 Å². The fraction of sp³-hybridized carbons (Fsp3) is 0.154. The molecule has 8 nitrogen and oxygen atoms in total. The van der Waals surface area contributed by atoms with Crippen LogP contribution in [0.15, 0.2) is 91.0 Å². The lowest BCUT2D eigenvalue weighted by molar-refractivity contribution is -0.136. The summed E-state index contributed by atoms with van der Waals surface area (Å²) in [6.07, 6.45) is -3.37. The molecule has 0 aliphatic carbocycles. The molecule has 0 unspecified atom stereocenters. The molecule has 3 aromatic rings. The molecule has 1 N–H and O–H groups in total. The van der Waals surface area contributed by atoms with E-state index in [1.807, 2.05) is 0 Å². The van der Waals surface area contributed by atoms with Crippen molar-refractivity contribution in [1.82, 2.24) is 0 Å². The normalized spacial score (nSPS) is 14.1. The summed E-state index contributed by atoms with van der Waals surface area (Å²) in [5, 5.41) is 10.1. The Hall–Kier alpha value is -3.66. The summed E-state index contributed by atoms with van der Waals surface area (Å²) in [6, 6.07) is 23.3. The number of Topliss-reactive ketones (excluding diaryl/α,β-unsaturated/α-hetero) is 1. The quantitative estimate of drug-likeness (QED) is 0.170. The van der Waals surface area contributed by atoms with Crippen molar-refractivity contribution in [3.8, 4) is 0 Å². The summed E-state index contributed by atoms with van der Waals surface area (Å²) in [5.74, 6) is -2.68. The van der Waals surface area contributed by atoms with Crippen LogP contribution in [-0.2, 0) is 18.1 Å². The third-order valence-electron chi connectivity index (χ3n) is 5.15. The van der Waals surface area contributed by atoms with Gasteiger partial charge in [0.15, 0.2) is 18.5 Å². The Morgan fingerprint density at radius 1 is 0.771 bits per heavy atom. The van der Waals surface area contributed by atoms with E-state index in [2.05, 4.69) is 16.3 Å². The number of ether oxygens (including phenoxy) is 2. The van der Waals surface area contributed by atoms with Gasteiger partial charge in [-0.1, -0.05) is 66.7 Å². The Kier molecular flexibility index (Phi) is 9.02. The van der Waals surface area contributed by atoms with E-state index >= 15 is 0 Å². The SMILES string of the molecule is O=C[C@](OBr)(C(=O)c1ccccc1)[C@H](OC(=O)c1ccccc1)[C@H](CO)OC(=O)c1ccccc1. The number of hydrogen-bond acceptors (Lipinski definition) is 8. The molecule has 35 heavy (non-hydrogen) atoms. The molecular formula is C26H21BrO8. The van der Waals surface area contributed by atoms with Crippen LogP contribution in [0.3, 0.4) is 0 Å². The second-order valence-corrected chi connectivity index (χ2v) is 7.69. The first-order chi connectivity index (χ1) is 17.0. The summed E-state index contributed by atoms with van der Waals surface area (Å²) >= 11 is 2.72. The van der Waals surface area contributed by atoms with Crippen molar-refractivity contribution in [3.05, 3.63) is 108 Å². The second kappa shape index (κ2) is 12.2. The summed E-state index contributed by atoms with van der Waals surface area (Å²) in [4.78, 5) is 51.5. The maximum absolute atomic E-state index is 13.5. The molecule has 0 radical (unpaired) electrons. The van der Waals surface area contributed by atoms with Crippen molar-refractivity contribution < 1.29 is 37.6 Å². The molecule has 0 fully saturated rings. The monoisotopic (exact) mass is 540 g/mol. The van der Waals surface area contributed by atoms with Gasteiger partial charge in [-0.05, 0) is 24.3 Å². The van der Waals surface area contributed by atoms with E-state index < -0.39 is 42.1 Å². The number of aldehydes is 1. The van der Waals surface area contributed by atoms with Crippen LogP contribution < -0.4 is 0 Å². The number of ketones is 1. The number of benzene rings is 3. The van der Waals surface area contributed by atoms with Gasteiger partial charge in [-0.3, -0.25) is 13.4 Å². The molecule has 180 valence electrons. The molecule has 0 aromatic heterocycles. The molecule has 0 bridgehead atoms. The van der Waals surface area contributed by atoms with E-state index in [1.54, 1.807) is 54.6 Å². The van der Waals surface area contributed by atoms with Crippen molar-refractivity contribution in [2.75, 3.05) is 6.61 Å². The maximum Gasteiger partial charge on any atom is 0.338 e. The largest absolute Gasteiger partial charge is 0.452 e. The summed E-state index contributed by atoms with van der Waals surface area (Å²) in [5.41, 5.74) is -2.20. The molecule has 0 spiro atoms. The Morgan fingerprint density at radius 3 is 1.60 bits per heavy atom. The van der Waals surface area contributed by atoms with Crippen molar-refractivity contribution in [3.63, 3.8) is 0 Å². The van der Waals surface area contributed by atoms with E-state index in [0.29, 0.717) is 0 Å². The highest BCUT2D eigenvalue weighted by Gasteiger charge is 2.55. The average molecular weight is 541 g/mol. The molecule has 0 saturated heterocycles. The number of halogens is 1. The van der Waals surface area contributed by atoms with Crippen LogP contribution in [0.1, 0.15) is 31.1 Å². The summed E-state index contributed by atoms with van der Waals surface area (Å²) < 4.78 is 16.1. The zero-order valence-corrected chi connectivity index (χ0v) is 19.9. The van der Waals surface area contributed by atoms with E-state index in [0.717, 1.165) is 0 Å². The van der Waals surface area contributed by atoms with Crippen LogP contribution in [-0.4, -0.2) is 53.5 Å².